The van der Waals surface area contributed by atoms with Crippen molar-refractivity contribution in [2.75, 3.05) is 30.3 Å². The summed E-state index contributed by atoms with van der Waals surface area (Å²) in [7, 11) is -3.53. The number of carbonyl (C=O) groups is 1. The summed E-state index contributed by atoms with van der Waals surface area (Å²) in [5.74, 6) is -0.201. The number of carbonyl (C=O) groups excluding carboxylic acids is 1. The monoisotopic (exact) mass is 374 g/mol. The Kier molecular flexibility index (Phi) is 6.11. The van der Waals surface area contributed by atoms with Crippen LogP contribution in [0.4, 0.5) is 5.69 Å². The number of rotatable bonds is 6. The Bertz CT molecular complexity index is 692. The Morgan fingerprint density at radius 3 is 2.67 bits per heavy atom. The summed E-state index contributed by atoms with van der Waals surface area (Å²) in [5.41, 5.74) is 2.19. The van der Waals surface area contributed by atoms with E-state index in [9.17, 15) is 13.2 Å². The van der Waals surface area contributed by atoms with Gasteiger partial charge in [-0.2, -0.15) is 0 Å². The van der Waals surface area contributed by atoms with Crippen LogP contribution in [0.2, 0.25) is 5.02 Å². The van der Waals surface area contributed by atoms with E-state index in [1.165, 1.54) is 4.31 Å². The van der Waals surface area contributed by atoms with E-state index in [-0.39, 0.29) is 19.0 Å². The van der Waals surface area contributed by atoms with Crippen molar-refractivity contribution in [3.63, 3.8) is 0 Å². The van der Waals surface area contributed by atoms with Crippen molar-refractivity contribution < 1.29 is 17.9 Å². The molecule has 1 aromatic carbocycles. The molecule has 6 nitrogen and oxygen atoms in total. The zero-order valence-electron chi connectivity index (χ0n) is 14.1. The van der Waals surface area contributed by atoms with Gasteiger partial charge in [-0.1, -0.05) is 17.7 Å². The van der Waals surface area contributed by atoms with Gasteiger partial charge < -0.3 is 10.1 Å². The third-order valence-corrected chi connectivity index (χ3v) is 5.34. The number of ether oxygens (including phenoxy) is 1. The average Bonchev–Trinajstić information content (AvgIpc) is 2.97. The SMILES string of the molecule is Cc1cc(C)c(N(CCNC(=O)C2CCCO2)S(C)(=O)=O)c(Cl)c1. The number of aryl methyl sites for hydroxylation is 2. The summed E-state index contributed by atoms with van der Waals surface area (Å²) >= 11 is 6.27. The van der Waals surface area contributed by atoms with Gasteiger partial charge in [0.15, 0.2) is 0 Å². The molecule has 0 saturated carbocycles. The predicted octanol–water partition coefficient (Wildman–Crippen LogP) is 2.02. The van der Waals surface area contributed by atoms with Gasteiger partial charge in [-0.3, -0.25) is 9.10 Å². The van der Waals surface area contributed by atoms with Gasteiger partial charge in [-0.15, -0.1) is 0 Å². The number of hydrogen-bond donors (Lipinski definition) is 1. The molecule has 1 N–H and O–H groups in total. The van der Waals surface area contributed by atoms with Gasteiger partial charge in [0.05, 0.1) is 23.5 Å². The molecule has 1 fully saturated rings. The van der Waals surface area contributed by atoms with Crippen molar-refractivity contribution in [2.45, 2.75) is 32.8 Å². The molecule has 0 spiro atoms. The lowest BCUT2D eigenvalue weighted by Crippen LogP contribution is -2.41. The van der Waals surface area contributed by atoms with Gasteiger partial charge in [-0.25, -0.2) is 8.42 Å². The van der Waals surface area contributed by atoms with Crippen LogP contribution in [0.1, 0.15) is 24.0 Å². The average molecular weight is 375 g/mol. The van der Waals surface area contributed by atoms with Gasteiger partial charge in [0, 0.05) is 13.2 Å². The molecule has 1 heterocycles. The van der Waals surface area contributed by atoms with E-state index in [4.69, 9.17) is 16.3 Å². The molecule has 24 heavy (non-hydrogen) atoms. The van der Waals surface area contributed by atoms with Crippen molar-refractivity contribution in [2.24, 2.45) is 0 Å². The first-order valence-corrected chi connectivity index (χ1v) is 10.1. The molecule has 0 radical (unpaired) electrons. The molecule has 2 rings (SSSR count). The van der Waals surface area contributed by atoms with Crippen LogP contribution < -0.4 is 9.62 Å². The number of nitrogens with one attached hydrogen (secondary N) is 1. The Hall–Kier alpha value is -1.31. The number of anilines is 1. The molecule has 1 atom stereocenters. The first kappa shape index (κ1) is 19.0. The number of sulfonamides is 1. The third kappa shape index (κ3) is 4.62. The topological polar surface area (TPSA) is 75.7 Å². The summed E-state index contributed by atoms with van der Waals surface area (Å²) in [6, 6.07) is 3.61. The van der Waals surface area contributed by atoms with E-state index >= 15 is 0 Å². The smallest absolute Gasteiger partial charge is 0.249 e. The van der Waals surface area contributed by atoms with Gasteiger partial charge in [0.2, 0.25) is 15.9 Å². The highest BCUT2D eigenvalue weighted by atomic mass is 35.5. The third-order valence-electron chi connectivity index (χ3n) is 3.88. The predicted molar refractivity (Wildman–Crippen MR) is 95.1 cm³/mol. The van der Waals surface area contributed by atoms with Crippen molar-refractivity contribution in [1.29, 1.82) is 0 Å². The normalized spacial score (nSPS) is 17.8. The molecule has 1 amide bonds. The number of benzene rings is 1. The van der Waals surface area contributed by atoms with Crippen LogP contribution in [0.3, 0.4) is 0 Å². The second kappa shape index (κ2) is 7.72. The lowest BCUT2D eigenvalue weighted by molar-refractivity contribution is -0.129. The molecule has 8 heteroatoms. The van der Waals surface area contributed by atoms with Crippen LogP contribution in [0.5, 0.6) is 0 Å². The molecular formula is C16H23ClN2O4S. The summed E-state index contributed by atoms with van der Waals surface area (Å²) in [5, 5.41) is 3.11. The molecular weight excluding hydrogens is 352 g/mol. The second-order valence-electron chi connectivity index (χ2n) is 6.04. The van der Waals surface area contributed by atoms with Crippen LogP contribution >= 0.6 is 11.6 Å². The Labute approximate surface area is 148 Å². The molecule has 1 unspecified atom stereocenters. The number of hydrogen-bond acceptors (Lipinski definition) is 4. The van der Waals surface area contributed by atoms with E-state index < -0.39 is 16.1 Å². The lowest BCUT2D eigenvalue weighted by atomic mass is 10.1. The van der Waals surface area contributed by atoms with Gasteiger partial charge >= 0.3 is 0 Å². The minimum atomic E-state index is -3.53. The fourth-order valence-corrected chi connectivity index (χ4v) is 4.32. The molecule has 0 bridgehead atoms. The molecule has 0 aromatic heterocycles. The Morgan fingerprint density at radius 2 is 2.12 bits per heavy atom. The van der Waals surface area contributed by atoms with E-state index in [1.54, 1.807) is 6.07 Å². The minimum absolute atomic E-state index is 0.112. The largest absolute Gasteiger partial charge is 0.368 e. The van der Waals surface area contributed by atoms with E-state index in [0.717, 1.165) is 23.8 Å². The number of amides is 1. The Morgan fingerprint density at radius 1 is 1.42 bits per heavy atom. The molecule has 0 aliphatic carbocycles. The lowest BCUT2D eigenvalue weighted by Gasteiger charge is -2.26. The number of nitrogens with zero attached hydrogens (tertiary/aromatic N) is 1. The van der Waals surface area contributed by atoms with Crippen molar-refractivity contribution in [3.8, 4) is 0 Å². The maximum absolute atomic E-state index is 12.2. The molecule has 1 aromatic rings. The van der Waals surface area contributed by atoms with Crippen LogP contribution in [-0.2, 0) is 19.6 Å². The van der Waals surface area contributed by atoms with Crippen molar-refractivity contribution in [3.05, 3.63) is 28.3 Å². The minimum Gasteiger partial charge on any atom is -0.368 e. The highest BCUT2D eigenvalue weighted by Gasteiger charge is 2.25. The highest BCUT2D eigenvalue weighted by Crippen LogP contribution is 2.32. The van der Waals surface area contributed by atoms with Crippen LogP contribution in [0.25, 0.3) is 0 Å². The zero-order chi connectivity index (χ0) is 17.9. The summed E-state index contributed by atoms with van der Waals surface area (Å²) < 4.78 is 30.9. The number of halogens is 1. The maximum Gasteiger partial charge on any atom is 0.249 e. The second-order valence-corrected chi connectivity index (χ2v) is 8.35. The molecule has 1 aliphatic rings. The Balaban J connectivity index is 2.11. The highest BCUT2D eigenvalue weighted by molar-refractivity contribution is 7.92. The van der Waals surface area contributed by atoms with E-state index in [1.807, 2.05) is 19.9 Å². The van der Waals surface area contributed by atoms with Crippen molar-refractivity contribution >= 4 is 33.2 Å². The van der Waals surface area contributed by atoms with E-state index in [0.29, 0.717) is 23.7 Å². The summed E-state index contributed by atoms with van der Waals surface area (Å²) in [6.07, 6.45) is 2.27. The fraction of sp³-hybridized carbons (Fsp3) is 0.562. The van der Waals surface area contributed by atoms with Gasteiger partial charge in [0.25, 0.3) is 0 Å². The molecule has 1 saturated heterocycles. The van der Waals surface area contributed by atoms with Gasteiger partial charge in [0.1, 0.15) is 6.10 Å². The maximum atomic E-state index is 12.2. The van der Waals surface area contributed by atoms with E-state index in [2.05, 4.69) is 5.32 Å². The first-order chi connectivity index (χ1) is 11.2. The summed E-state index contributed by atoms with van der Waals surface area (Å²) in [6.45, 7) is 4.61. The molecule has 134 valence electrons. The summed E-state index contributed by atoms with van der Waals surface area (Å²) in [4.78, 5) is 12.0. The zero-order valence-corrected chi connectivity index (χ0v) is 15.7. The molecule has 1 aliphatic heterocycles. The first-order valence-electron chi connectivity index (χ1n) is 7.84. The van der Waals surface area contributed by atoms with Crippen LogP contribution in [-0.4, -0.2) is 46.4 Å². The van der Waals surface area contributed by atoms with Crippen LogP contribution in [0.15, 0.2) is 12.1 Å². The standard InChI is InChI=1S/C16H23ClN2O4S/c1-11-9-12(2)15(13(17)10-11)19(24(3,21)22)7-6-18-16(20)14-5-4-8-23-14/h9-10,14H,4-8H2,1-3H3,(H,18,20). The van der Waals surface area contributed by atoms with Gasteiger partial charge in [-0.05, 0) is 43.9 Å². The van der Waals surface area contributed by atoms with Crippen LogP contribution in [0, 0.1) is 13.8 Å². The fourth-order valence-electron chi connectivity index (χ4n) is 2.85. The van der Waals surface area contributed by atoms with Crippen molar-refractivity contribution in [1.82, 2.24) is 5.32 Å². The quantitative estimate of drug-likeness (QED) is 0.826.